The van der Waals surface area contributed by atoms with Gasteiger partial charge in [0.15, 0.2) is 5.82 Å². The first-order valence-corrected chi connectivity index (χ1v) is 5.71. The average molecular weight is 231 g/mol. The maximum Gasteiger partial charge on any atom is 0.226 e. The predicted octanol–water partition coefficient (Wildman–Crippen LogP) is 3.59. The van der Waals surface area contributed by atoms with Crippen molar-refractivity contribution in [2.75, 3.05) is 0 Å². The van der Waals surface area contributed by atoms with Crippen LogP contribution in [0.25, 0.3) is 0 Å². The standard InChI is InChI=1S/C11H19ClN2O/c1-7(11(3,4)5)6-9-13-10(8(2)12)14-15-9/h7-8H,6H2,1-5H3. The van der Waals surface area contributed by atoms with Gasteiger partial charge in [-0.25, -0.2) is 0 Å². The Balaban J connectivity index is 2.65. The molecule has 0 N–H and O–H groups in total. The lowest BCUT2D eigenvalue weighted by Crippen LogP contribution is -2.19. The summed E-state index contributed by atoms with van der Waals surface area (Å²) in [6, 6.07) is 0. The van der Waals surface area contributed by atoms with Gasteiger partial charge in [0.25, 0.3) is 0 Å². The third kappa shape index (κ3) is 3.49. The minimum atomic E-state index is -0.188. The number of halogens is 1. The maximum absolute atomic E-state index is 5.86. The van der Waals surface area contributed by atoms with Crippen LogP contribution in [-0.4, -0.2) is 10.1 Å². The Hall–Kier alpha value is -0.570. The summed E-state index contributed by atoms with van der Waals surface area (Å²) >= 11 is 5.86. The molecule has 86 valence electrons. The van der Waals surface area contributed by atoms with E-state index in [1.807, 2.05) is 6.92 Å². The van der Waals surface area contributed by atoms with E-state index >= 15 is 0 Å². The summed E-state index contributed by atoms with van der Waals surface area (Å²) in [5.74, 6) is 1.75. The van der Waals surface area contributed by atoms with Gasteiger partial charge in [-0.2, -0.15) is 4.98 Å². The first-order chi connectivity index (χ1) is 6.80. The Morgan fingerprint density at radius 1 is 1.33 bits per heavy atom. The fourth-order valence-electron chi connectivity index (χ4n) is 1.08. The zero-order valence-electron chi connectivity index (χ0n) is 10.0. The third-order valence-corrected chi connectivity index (χ3v) is 2.99. The second kappa shape index (κ2) is 4.52. The monoisotopic (exact) mass is 230 g/mol. The van der Waals surface area contributed by atoms with Crippen molar-refractivity contribution >= 4 is 11.6 Å². The second-order valence-corrected chi connectivity index (χ2v) is 5.79. The summed E-state index contributed by atoms with van der Waals surface area (Å²) in [5.41, 5.74) is 0.251. The topological polar surface area (TPSA) is 38.9 Å². The quantitative estimate of drug-likeness (QED) is 0.745. The Morgan fingerprint density at radius 2 is 1.93 bits per heavy atom. The predicted molar refractivity (Wildman–Crippen MR) is 60.9 cm³/mol. The summed E-state index contributed by atoms with van der Waals surface area (Å²) in [5, 5.41) is 3.65. The van der Waals surface area contributed by atoms with Crippen LogP contribution in [0.2, 0.25) is 0 Å². The van der Waals surface area contributed by atoms with Crippen molar-refractivity contribution in [3.05, 3.63) is 11.7 Å². The molecule has 2 unspecified atom stereocenters. The maximum atomic E-state index is 5.86. The van der Waals surface area contributed by atoms with E-state index in [2.05, 4.69) is 37.8 Å². The molecule has 0 aliphatic carbocycles. The summed E-state index contributed by atoms with van der Waals surface area (Å²) in [7, 11) is 0. The van der Waals surface area contributed by atoms with Gasteiger partial charge in [-0.05, 0) is 18.3 Å². The van der Waals surface area contributed by atoms with Crippen LogP contribution in [0, 0.1) is 11.3 Å². The van der Waals surface area contributed by atoms with Gasteiger partial charge in [-0.15, -0.1) is 11.6 Å². The summed E-state index contributed by atoms with van der Waals surface area (Å²) < 4.78 is 5.15. The highest BCUT2D eigenvalue weighted by molar-refractivity contribution is 6.20. The van der Waals surface area contributed by atoms with E-state index < -0.39 is 0 Å². The molecule has 0 radical (unpaired) electrons. The highest BCUT2D eigenvalue weighted by Gasteiger charge is 2.23. The number of rotatable bonds is 3. The zero-order chi connectivity index (χ0) is 11.6. The first-order valence-electron chi connectivity index (χ1n) is 5.27. The van der Waals surface area contributed by atoms with Crippen LogP contribution in [0.5, 0.6) is 0 Å². The lowest BCUT2D eigenvalue weighted by Gasteiger charge is -2.25. The molecule has 1 heterocycles. The average Bonchev–Trinajstić information content (AvgIpc) is 2.50. The Labute approximate surface area is 96.2 Å². The van der Waals surface area contributed by atoms with E-state index in [4.69, 9.17) is 16.1 Å². The fourth-order valence-corrected chi connectivity index (χ4v) is 1.17. The zero-order valence-corrected chi connectivity index (χ0v) is 10.8. The minimum Gasteiger partial charge on any atom is -0.339 e. The van der Waals surface area contributed by atoms with Crippen LogP contribution in [-0.2, 0) is 6.42 Å². The van der Waals surface area contributed by atoms with E-state index in [0.717, 1.165) is 6.42 Å². The molecule has 0 spiro atoms. The van der Waals surface area contributed by atoms with E-state index in [1.54, 1.807) is 0 Å². The van der Waals surface area contributed by atoms with Gasteiger partial charge in [0.1, 0.15) is 0 Å². The van der Waals surface area contributed by atoms with Gasteiger partial charge in [-0.1, -0.05) is 32.9 Å². The van der Waals surface area contributed by atoms with Crippen molar-refractivity contribution in [3.63, 3.8) is 0 Å². The van der Waals surface area contributed by atoms with E-state index in [1.165, 1.54) is 0 Å². The lowest BCUT2D eigenvalue weighted by molar-refractivity contribution is 0.236. The van der Waals surface area contributed by atoms with Crippen LogP contribution < -0.4 is 0 Å². The number of hydrogen-bond donors (Lipinski definition) is 0. The van der Waals surface area contributed by atoms with Crippen molar-refractivity contribution in [2.45, 2.75) is 46.4 Å². The van der Waals surface area contributed by atoms with Gasteiger partial charge in [0.05, 0.1) is 5.38 Å². The highest BCUT2D eigenvalue weighted by atomic mass is 35.5. The highest BCUT2D eigenvalue weighted by Crippen LogP contribution is 2.28. The van der Waals surface area contributed by atoms with Crippen LogP contribution in [0.1, 0.15) is 51.7 Å². The van der Waals surface area contributed by atoms with Crippen molar-refractivity contribution in [3.8, 4) is 0 Å². The number of hydrogen-bond acceptors (Lipinski definition) is 3. The van der Waals surface area contributed by atoms with Gasteiger partial charge in [0.2, 0.25) is 5.89 Å². The molecule has 4 heteroatoms. The minimum absolute atomic E-state index is 0.188. The van der Waals surface area contributed by atoms with Crippen molar-refractivity contribution < 1.29 is 4.52 Å². The molecular weight excluding hydrogens is 212 g/mol. The second-order valence-electron chi connectivity index (χ2n) is 5.13. The SMILES string of the molecule is CC(Cl)c1noc(CC(C)C(C)(C)C)n1. The molecule has 2 atom stereocenters. The number of nitrogens with zero attached hydrogens (tertiary/aromatic N) is 2. The van der Waals surface area contributed by atoms with Crippen LogP contribution in [0.3, 0.4) is 0 Å². The molecular formula is C11H19ClN2O. The molecule has 0 aliphatic rings. The molecule has 0 fully saturated rings. The summed E-state index contributed by atoms with van der Waals surface area (Å²) in [4.78, 5) is 4.25. The molecule has 0 bridgehead atoms. The Bertz CT molecular complexity index is 315. The van der Waals surface area contributed by atoms with Crippen LogP contribution in [0.4, 0.5) is 0 Å². The number of aromatic nitrogens is 2. The van der Waals surface area contributed by atoms with Gasteiger partial charge >= 0.3 is 0 Å². The molecule has 15 heavy (non-hydrogen) atoms. The van der Waals surface area contributed by atoms with Crippen molar-refractivity contribution in [2.24, 2.45) is 11.3 Å². The van der Waals surface area contributed by atoms with Crippen molar-refractivity contribution in [1.29, 1.82) is 0 Å². The van der Waals surface area contributed by atoms with E-state index in [-0.39, 0.29) is 10.8 Å². The van der Waals surface area contributed by atoms with Crippen LogP contribution in [0.15, 0.2) is 4.52 Å². The summed E-state index contributed by atoms with van der Waals surface area (Å²) in [6.45, 7) is 10.6. The lowest BCUT2D eigenvalue weighted by atomic mass is 9.80. The van der Waals surface area contributed by atoms with Gasteiger partial charge in [-0.3, -0.25) is 0 Å². The molecule has 3 nitrogen and oxygen atoms in total. The Kier molecular flexibility index (Phi) is 3.77. The largest absolute Gasteiger partial charge is 0.339 e. The molecule has 0 aromatic carbocycles. The van der Waals surface area contributed by atoms with E-state index in [0.29, 0.717) is 17.6 Å². The third-order valence-electron chi connectivity index (χ3n) is 2.80. The van der Waals surface area contributed by atoms with E-state index in [9.17, 15) is 0 Å². The molecule has 0 amide bonds. The molecule has 0 aliphatic heterocycles. The molecule has 1 aromatic heterocycles. The van der Waals surface area contributed by atoms with Crippen molar-refractivity contribution in [1.82, 2.24) is 10.1 Å². The molecule has 1 aromatic rings. The first kappa shape index (κ1) is 12.5. The van der Waals surface area contributed by atoms with Gasteiger partial charge < -0.3 is 4.52 Å². The number of alkyl halides is 1. The van der Waals surface area contributed by atoms with Crippen LogP contribution >= 0.6 is 11.6 Å². The fraction of sp³-hybridized carbons (Fsp3) is 0.818. The smallest absolute Gasteiger partial charge is 0.226 e. The normalized spacial score (nSPS) is 16.4. The Morgan fingerprint density at radius 3 is 2.33 bits per heavy atom. The molecule has 1 rings (SSSR count). The summed E-state index contributed by atoms with van der Waals surface area (Å²) in [6.07, 6.45) is 0.806. The van der Waals surface area contributed by atoms with Gasteiger partial charge in [0, 0.05) is 6.42 Å². The molecule has 0 saturated heterocycles. The molecule has 0 saturated carbocycles.